The lowest BCUT2D eigenvalue weighted by atomic mass is 10.1. The van der Waals surface area contributed by atoms with Crippen molar-refractivity contribution in [2.45, 2.75) is 52.1 Å². The van der Waals surface area contributed by atoms with Crippen LogP contribution < -0.4 is 10.9 Å². The number of aromatic nitrogens is 2. The average Bonchev–Trinajstić information content (AvgIpc) is 3.10. The number of nitrogens with one attached hydrogen (secondary N) is 1. The van der Waals surface area contributed by atoms with Crippen molar-refractivity contribution in [3.05, 3.63) is 63.7 Å². The number of amides is 1. The first-order valence-corrected chi connectivity index (χ1v) is 9.75. The number of unbranched alkanes of at least 4 members (excludes halogenated alkanes) is 1. The van der Waals surface area contributed by atoms with Gasteiger partial charge in [0.05, 0.1) is 24.3 Å². The van der Waals surface area contributed by atoms with E-state index in [0.717, 1.165) is 5.56 Å². The van der Waals surface area contributed by atoms with E-state index in [-0.39, 0.29) is 23.9 Å². The number of nitrogens with zero attached hydrogens (tertiary/aromatic N) is 3. The van der Waals surface area contributed by atoms with Gasteiger partial charge in [-0.15, -0.1) is 0 Å². The van der Waals surface area contributed by atoms with Crippen LogP contribution in [0.4, 0.5) is 0 Å². The van der Waals surface area contributed by atoms with Gasteiger partial charge in [0.1, 0.15) is 5.39 Å². The first-order valence-electron chi connectivity index (χ1n) is 9.75. The van der Waals surface area contributed by atoms with Gasteiger partial charge in [-0.1, -0.05) is 42.4 Å². The predicted octanol–water partition coefficient (Wildman–Crippen LogP) is 3.61. The lowest BCUT2D eigenvalue weighted by molar-refractivity contribution is -0.122. The highest BCUT2D eigenvalue weighted by Gasteiger charge is 2.22. The summed E-state index contributed by atoms with van der Waals surface area (Å²) in [4.78, 5) is 25.6. The fraction of sp³-hybridized carbons (Fsp3) is 0.364. The fourth-order valence-corrected chi connectivity index (χ4v) is 3.41. The third-order valence-corrected chi connectivity index (χ3v) is 4.92. The van der Waals surface area contributed by atoms with Crippen LogP contribution in [0.25, 0.3) is 11.0 Å². The van der Waals surface area contributed by atoms with Gasteiger partial charge >= 0.3 is 0 Å². The molecule has 0 saturated carbocycles. The molecule has 0 saturated heterocycles. The molecule has 1 aromatic carbocycles. The number of hydrogen-bond donors (Lipinski definition) is 1. The molecule has 0 aliphatic rings. The molecule has 0 aliphatic carbocycles. The summed E-state index contributed by atoms with van der Waals surface area (Å²) < 4.78 is 7.03. The Balaban J connectivity index is 2.02. The predicted molar refractivity (Wildman–Crippen MR) is 109 cm³/mol. The Hall–Kier alpha value is -3.40. The van der Waals surface area contributed by atoms with Gasteiger partial charge in [0, 0.05) is 24.6 Å². The second-order valence-electron chi connectivity index (χ2n) is 6.99. The van der Waals surface area contributed by atoms with E-state index in [9.17, 15) is 9.59 Å². The van der Waals surface area contributed by atoms with E-state index in [4.69, 9.17) is 9.78 Å². The molecule has 2 aromatic heterocycles. The highest BCUT2D eigenvalue weighted by Crippen LogP contribution is 2.23. The van der Waals surface area contributed by atoms with Gasteiger partial charge in [-0.3, -0.25) is 9.59 Å². The first kappa shape index (κ1) is 20.3. The molecule has 3 aromatic rings. The Morgan fingerprint density at radius 3 is 2.79 bits per heavy atom. The lowest BCUT2D eigenvalue weighted by Gasteiger charge is -2.22. The monoisotopic (exact) mass is 392 g/mol. The first-order chi connectivity index (χ1) is 14.0. The van der Waals surface area contributed by atoms with Crippen LogP contribution >= 0.6 is 0 Å². The van der Waals surface area contributed by atoms with Crippen LogP contribution in [0, 0.1) is 18.3 Å². The molecule has 3 rings (SSSR count). The van der Waals surface area contributed by atoms with Crippen molar-refractivity contribution >= 4 is 16.9 Å². The van der Waals surface area contributed by atoms with Gasteiger partial charge in [0.25, 0.3) is 5.56 Å². The zero-order chi connectivity index (χ0) is 20.8. The Morgan fingerprint density at radius 1 is 1.34 bits per heavy atom. The maximum absolute atomic E-state index is 13.3. The molecule has 150 valence electrons. The van der Waals surface area contributed by atoms with Crippen molar-refractivity contribution in [2.75, 3.05) is 0 Å². The van der Waals surface area contributed by atoms with E-state index in [1.807, 2.05) is 43.3 Å². The summed E-state index contributed by atoms with van der Waals surface area (Å²) in [6.45, 7) is 4.08. The third kappa shape index (κ3) is 4.54. The summed E-state index contributed by atoms with van der Waals surface area (Å²) >= 11 is 0. The van der Waals surface area contributed by atoms with Crippen molar-refractivity contribution in [3.63, 3.8) is 0 Å². The Bertz CT molecular complexity index is 1090. The molecule has 29 heavy (non-hydrogen) atoms. The molecular formula is C22H24N4O3. The largest absolute Gasteiger partial charge is 0.356 e. The molecular weight excluding hydrogens is 368 g/mol. The highest BCUT2D eigenvalue weighted by atomic mass is 16.5. The molecule has 0 aliphatic heterocycles. The van der Waals surface area contributed by atoms with Gasteiger partial charge < -0.3 is 14.4 Å². The highest BCUT2D eigenvalue weighted by molar-refractivity contribution is 5.79. The van der Waals surface area contributed by atoms with E-state index in [1.54, 1.807) is 17.6 Å². The van der Waals surface area contributed by atoms with Gasteiger partial charge in [-0.2, -0.15) is 5.26 Å². The summed E-state index contributed by atoms with van der Waals surface area (Å²) in [7, 11) is 0. The lowest BCUT2D eigenvalue weighted by Crippen LogP contribution is -2.34. The molecule has 0 radical (unpaired) electrons. The summed E-state index contributed by atoms with van der Waals surface area (Å²) in [6, 6.07) is 13.2. The smallest absolute Gasteiger partial charge is 0.264 e. The zero-order valence-electron chi connectivity index (χ0n) is 16.6. The number of pyridine rings is 1. The summed E-state index contributed by atoms with van der Waals surface area (Å²) in [5.74, 6) is -0.139. The minimum absolute atomic E-state index is 0.139. The van der Waals surface area contributed by atoms with E-state index in [0.29, 0.717) is 48.2 Å². The minimum Gasteiger partial charge on any atom is -0.356 e. The number of aryl methyl sites for hydroxylation is 1. The number of rotatable bonds is 8. The number of carbonyl (C=O) groups is 1. The summed E-state index contributed by atoms with van der Waals surface area (Å²) in [5.41, 5.74) is 2.45. The van der Waals surface area contributed by atoms with Crippen LogP contribution in [0.1, 0.15) is 55.6 Å². The SMILES string of the molecule is CCC(NC(=O)CCCC#N)c1cc2onc(C)c2c(=O)n1Cc1ccccc1. The molecule has 1 amide bonds. The normalized spacial score (nSPS) is 11.9. The van der Waals surface area contributed by atoms with Crippen LogP contribution in [0.5, 0.6) is 0 Å². The minimum atomic E-state index is -0.351. The quantitative estimate of drug-likeness (QED) is 0.590. The second kappa shape index (κ2) is 9.20. The fourth-order valence-electron chi connectivity index (χ4n) is 3.41. The van der Waals surface area contributed by atoms with Gasteiger partial charge in [-0.05, 0) is 25.3 Å². The number of carbonyl (C=O) groups excluding carboxylic acids is 1. The Kier molecular flexibility index (Phi) is 6.45. The van der Waals surface area contributed by atoms with Crippen LogP contribution in [-0.4, -0.2) is 15.6 Å². The zero-order valence-corrected chi connectivity index (χ0v) is 16.6. The number of hydrogen-bond acceptors (Lipinski definition) is 5. The number of fused-ring (bicyclic) bond motifs is 1. The average molecular weight is 392 g/mol. The van der Waals surface area contributed by atoms with Gasteiger partial charge in [-0.25, -0.2) is 0 Å². The summed E-state index contributed by atoms with van der Waals surface area (Å²) in [6.07, 6.45) is 1.73. The van der Waals surface area contributed by atoms with Gasteiger partial charge in [0.2, 0.25) is 5.91 Å². The van der Waals surface area contributed by atoms with E-state index >= 15 is 0 Å². The molecule has 1 N–H and O–H groups in total. The number of nitriles is 1. The Morgan fingerprint density at radius 2 is 2.10 bits per heavy atom. The van der Waals surface area contributed by atoms with Crippen LogP contribution in [0.2, 0.25) is 0 Å². The van der Waals surface area contributed by atoms with Crippen molar-refractivity contribution < 1.29 is 9.32 Å². The molecule has 0 spiro atoms. The second-order valence-corrected chi connectivity index (χ2v) is 6.99. The molecule has 1 atom stereocenters. The van der Waals surface area contributed by atoms with E-state index in [1.165, 1.54) is 0 Å². The topological polar surface area (TPSA) is 101 Å². The van der Waals surface area contributed by atoms with Crippen LogP contribution in [0.15, 0.2) is 45.7 Å². The number of benzene rings is 1. The van der Waals surface area contributed by atoms with Crippen molar-refractivity contribution in [3.8, 4) is 6.07 Å². The van der Waals surface area contributed by atoms with E-state index in [2.05, 4.69) is 10.5 Å². The third-order valence-electron chi connectivity index (χ3n) is 4.92. The molecule has 1 unspecified atom stereocenters. The molecule has 0 bridgehead atoms. The molecule has 0 fully saturated rings. The van der Waals surface area contributed by atoms with Crippen molar-refractivity contribution in [2.24, 2.45) is 0 Å². The van der Waals surface area contributed by atoms with Crippen molar-refractivity contribution in [1.82, 2.24) is 15.0 Å². The van der Waals surface area contributed by atoms with Gasteiger partial charge in [0.15, 0.2) is 5.58 Å². The van der Waals surface area contributed by atoms with Crippen LogP contribution in [0.3, 0.4) is 0 Å². The maximum Gasteiger partial charge on any atom is 0.264 e. The summed E-state index contributed by atoms with van der Waals surface area (Å²) in [5, 5.41) is 16.0. The maximum atomic E-state index is 13.3. The standard InChI is InChI=1S/C22H24N4O3/c1-3-17(24-20(27)11-7-8-12-23)18-13-19-21(15(2)25-29-19)22(28)26(18)14-16-9-5-4-6-10-16/h4-6,9-10,13,17H,3,7-8,11,14H2,1-2H3,(H,24,27). The molecule has 2 heterocycles. The van der Waals surface area contributed by atoms with Crippen molar-refractivity contribution in [1.29, 1.82) is 5.26 Å². The van der Waals surface area contributed by atoms with E-state index < -0.39 is 0 Å². The molecule has 7 nitrogen and oxygen atoms in total. The van der Waals surface area contributed by atoms with Crippen LogP contribution in [-0.2, 0) is 11.3 Å². The Labute approximate surface area is 168 Å². The molecule has 7 heteroatoms.